The summed E-state index contributed by atoms with van der Waals surface area (Å²) < 4.78 is 0. The number of hydrogen-bond acceptors (Lipinski definition) is 1. The van der Waals surface area contributed by atoms with Crippen molar-refractivity contribution < 1.29 is 0 Å². The van der Waals surface area contributed by atoms with Crippen LogP contribution in [0.1, 0.15) is 22.3 Å². The van der Waals surface area contributed by atoms with E-state index in [2.05, 4.69) is 266 Å². The van der Waals surface area contributed by atoms with E-state index in [1.165, 1.54) is 98.7 Å². The number of benzene rings is 12. The molecule has 0 unspecified atom stereocenters. The average Bonchev–Trinajstić information content (AvgIpc) is 3.69. The maximum absolute atomic E-state index is 2.48. The molecule has 308 valence electrons. The number of rotatable bonds is 7. The van der Waals surface area contributed by atoms with Crippen LogP contribution in [-0.2, 0) is 5.41 Å². The molecule has 12 aromatic carbocycles. The lowest BCUT2D eigenvalue weighted by Gasteiger charge is -2.35. The lowest BCUT2D eigenvalue weighted by Crippen LogP contribution is -2.28. The first kappa shape index (κ1) is 38.0. The molecule has 0 radical (unpaired) electrons. The molecule has 1 heteroatoms. The molecular weight excluding hydrogens is 795 g/mol. The summed E-state index contributed by atoms with van der Waals surface area (Å²) in [4.78, 5) is 2.48. The Bertz CT molecular complexity index is 3630. The van der Waals surface area contributed by atoms with Gasteiger partial charge in [-0.05, 0) is 147 Å². The van der Waals surface area contributed by atoms with Crippen LogP contribution in [0.15, 0.2) is 261 Å². The van der Waals surface area contributed by atoms with Crippen molar-refractivity contribution in [3.05, 3.63) is 283 Å². The highest BCUT2D eigenvalue weighted by atomic mass is 15.1. The third-order valence-corrected chi connectivity index (χ3v) is 14.1. The SMILES string of the molecule is c1ccc(C2(c3ccccc3)c3ccccc3-c3ccc(N(c4cccc(-c5cc6ccccc6c6ccccc56)c4)c4cccc(-c5cc6ccccc6c6ccccc56)c4)cc32)cc1. The Morgan fingerprint density at radius 1 is 0.242 bits per heavy atom. The zero-order valence-electron chi connectivity index (χ0n) is 36.3. The molecule has 0 aliphatic heterocycles. The molecule has 0 N–H and O–H groups in total. The van der Waals surface area contributed by atoms with Gasteiger partial charge in [-0.15, -0.1) is 0 Å². The van der Waals surface area contributed by atoms with Crippen molar-refractivity contribution in [1.29, 1.82) is 0 Å². The van der Waals surface area contributed by atoms with Crippen molar-refractivity contribution >= 4 is 60.2 Å². The van der Waals surface area contributed by atoms with Crippen molar-refractivity contribution in [1.82, 2.24) is 0 Å². The summed E-state index contributed by atoms with van der Waals surface area (Å²) in [6.45, 7) is 0. The first-order valence-corrected chi connectivity index (χ1v) is 22.9. The van der Waals surface area contributed by atoms with Gasteiger partial charge in [0.1, 0.15) is 0 Å². The Labute approximate surface area is 385 Å². The zero-order valence-corrected chi connectivity index (χ0v) is 36.3. The molecule has 13 rings (SSSR count). The molecule has 1 aliphatic carbocycles. The fourth-order valence-electron chi connectivity index (χ4n) is 11.2. The summed E-state index contributed by atoms with van der Waals surface area (Å²) in [5.74, 6) is 0. The first-order valence-electron chi connectivity index (χ1n) is 22.9. The van der Waals surface area contributed by atoms with Crippen molar-refractivity contribution in [2.24, 2.45) is 0 Å². The number of hydrogen-bond donors (Lipinski definition) is 0. The van der Waals surface area contributed by atoms with E-state index in [4.69, 9.17) is 0 Å². The molecular formula is C65H43N. The molecule has 0 amide bonds. The lowest BCUT2D eigenvalue weighted by atomic mass is 9.67. The standard InChI is InChI=1S/C65H43N/c1-3-23-48(24-4-1)65(49-25-5-2-6-26-49)63-36-16-15-35-59(63)60-38-37-52(43-64(60)65)66(50-27-17-21-44(39-50)61-41-46-19-7-9-29-53(46)55-31-11-13-33-57(55)61)51-28-18-22-45(40-51)62-42-47-20-8-10-30-54(47)56-32-12-14-34-58(56)62/h1-43H. The van der Waals surface area contributed by atoms with Gasteiger partial charge >= 0.3 is 0 Å². The normalized spacial score (nSPS) is 12.7. The van der Waals surface area contributed by atoms with E-state index in [0.29, 0.717) is 0 Å². The quantitative estimate of drug-likeness (QED) is 0.145. The molecule has 0 fully saturated rings. The van der Waals surface area contributed by atoms with Gasteiger partial charge in [0.25, 0.3) is 0 Å². The van der Waals surface area contributed by atoms with E-state index in [9.17, 15) is 0 Å². The first-order chi connectivity index (χ1) is 32.7. The summed E-state index contributed by atoms with van der Waals surface area (Å²) in [6, 6.07) is 96.6. The van der Waals surface area contributed by atoms with E-state index in [1.54, 1.807) is 0 Å². The summed E-state index contributed by atoms with van der Waals surface area (Å²) in [7, 11) is 0. The molecule has 1 nitrogen and oxygen atoms in total. The maximum Gasteiger partial charge on any atom is 0.0714 e. The van der Waals surface area contributed by atoms with Crippen molar-refractivity contribution in [2.75, 3.05) is 4.90 Å². The second-order valence-electron chi connectivity index (χ2n) is 17.6. The van der Waals surface area contributed by atoms with Gasteiger partial charge < -0.3 is 4.90 Å². The molecule has 1 aliphatic rings. The summed E-state index contributed by atoms with van der Waals surface area (Å²) in [5.41, 5.74) is 15.1. The van der Waals surface area contributed by atoms with Crippen LogP contribution in [0, 0.1) is 0 Å². The minimum absolute atomic E-state index is 0.534. The Morgan fingerprint density at radius 3 is 1.21 bits per heavy atom. The number of anilines is 3. The van der Waals surface area contributed by atoms with Gasteiger partial charge in [-0.1, -0.05) is 212 Å². The highest BCUT2D eigenvalue weighted by Crippen LogP contribution is 2.57. The topological polar surface area (TPSA) is 3.24 Å². The van der Waals surface area contributed by atoms with Gasteiger partial charge in [0.2, 0.25) is 0 Å². The lowest BCUT2D eigenvalue weighted by molar-refractivity contribution is 0.768. The fourth-order valence-corrected chi connectivity index (χ4v) is 11.2. The number of fused-ring (bicyclic) bond motifs is 9. The van der Waals surface area contributed by atoms with Crippen LogP contribution in [0.3, 0.4) is 0 Å². The third-order valence-electron chi connectivity index (χ3n) is 14.1. The smallest absolute Gasteiger partial charge is 0.0714 e. The van der Waals surface area contributed by atoms with E-state index in [1.807, 2.05) is 0 Å². The van der Waals surface area contributed by atoms with Crippen LogP contribution in [0.5, 0.6) is 0 Å². The van der Waals surface area contributed by atoms with Crippen LogP contribution < -0.4 is 4.90 Å². The Morgan fingerprint density at radius 2 is 0.667 bits per heavy atom. The van der Waals surface area contributed by atoms with Crippen LogP contribution in [0.2, 0.25) is 0 Å². The number of nitrogens with zero attached hydrogens (tertiary/aromatic N) is 1. The molecule has 12 aromatic rings. The minimum atomic E-state index is -0.534. The fraction of sp³-hybridized carbons (Fsp3) is 0.0154. The molecule has 0 saturated carbocycles. The van der Waals surface area contributed by atoms with Crippen molar-refractivity contribution in [3.8, 4) is 33.4 Å². The third kappa shape index (κ3) is 5.87. The molecule has 0 heterocycles. The molecule has 0 aromatic heterocycles. The van der Waals surface area contributed by atoms with Gasteiger partial charge in [0.05, 0.1) is 5.41 Å². The highest BCUT2D eigenvalue weighted by molar-refractivity contribution is 6.15. The van der Waals surface area contributed by atoms with Crippen molar-refractivity contribution in [3.63, 3.8) is 0 Å². The molecule has 0 atom stereocenters. The van der Waals surface area contributed by atoms with Gasteiger partial charge in [-0.25, -0.2) is 0 Å². The molecule has 0 spiro atoms. The van der Waals surface area contributed by atoms with E-state index in [0.717, 1.165) is 17.1 Å². The maximum atomic E-state index is 2.48. The van der Waals surface area contributed by atoms with Gasteiger partial charge in [-0.2, -0.15) is 0 Å². The predicted octanol–water partition coefficient (Wildman–Crippen LogP) is 17.5. The van der Waals surface area contributed by atoms with Gasteiger partial charge in [-0.3, -0.25) is 0 Å². The monoisotopic (exact) mass is 837 g/mol. The average molecular weight is 838 g/mol. The van der Waals surface area contributed by atoms with Crippen LogP contribution in [-0.4, -0.2) is 0 Å². The van der Waals surface area contributed by atoms with Crippen LogP contribution in [0.25, 0.3) is 76.5 Å². The second kappa shape index (κ2) is 15.3. The van der Waals surface area contributed by atoms with Gasteiger partial charge in [0, 0.05) is 17.1 Å². The second-order valence-corrected chi connectivity index (χ2v) is 17.6. The molecule has 0 bridgehead atoms. The van der Waals surface area contributed by atoms with Crippen molar-refractivity contribution in [2.45, 2.75) is 5.41 Å². The summed E-state index contributed by atoms with van der Waals surface area (Å²) in [6.07, 6.45) is 0. The predicted molar refractivity (Wildman–Crippen MR) is 279 cm³/mol. The Hall–Kier alpha value is -8.52. The molecule has 0 saturated heterocycles. The summed E-state index contributed by atoms with van der Waals surface area (Å²) >= 11 is 0. The minimum Gasteiger partial charge on any atom is -0.310 e. The highest BCUT2D eigenvalue weighted by Gasteiger charge is 2.46. The van der Waals surface area contributed by atoms with E-state index >= 15 is 0 Å². The van der Waals surface area contributed by atoms with E-state index in [-0.39, 0.29) is 0 Å². The van der Waals surface area contributed by atoms with Gasteiger partial charge in [0.15, 0.2) is 0 Å². The van der Waals surface area contributed by atoms with Crippen LogP contribution >= 0.6 is 0 Å². The largest absolute Gasteiger partial charge is 0.310 e. The van der Waals surface area contributed by atoms with E-state index < -0.39 is 5.41 Å². The Kier molecular flexibility index (Phi) is 8.82. The summed E-state index contributed by atoms with van der Waals surface area (Å²) in [5, 5.41) is 10.0. The Balaban J connectivity index is 1.07. The zero-order chi connectivity index (χ0) is 43.6. The van der Waals surface area contributed by atoms with Crippen LogP contribution in [0.4, 0.5) is 17.1 Å². The molecule has 66 heavy (non-hydrogen) atoms.